The average molecular weight is 239 g/mol. The van der Waals surface area contributed by atoms with Gasteiger partial charge in [0, 0.05) is 24.6 Å². The summed E-state index contributed by atoms with van der Waals surface area (Å²) < 4.78 is 12.8. The summed E-state index contributed by atoms with van der Waals surface area (Å²) in [6.45, 7) is 7.00. The summed E-state index contributed by atoms with van der Waals surface area (Å²) in [5.41, 5.74) is 0.954. The van der Waals surface area contributed by atoms with E-state index in [2.05, 4.69) is 12.2 Å². The Morgan fingerprint density at radius 2 is 1.88 bits per heavy atom. The fraction of sp³-hybridized carbons (Fsp3) is 0.571. The fourth-order valence-corrected chi connectivity index (χ4v) is 1.65. The number of nitrogens with one attached hydrogen (secondary N) is 1. The molecule has 2 N–H and O–H groups in total. The van der Waals surface area contributed by atoms with E-state index in [1.807, 2.05) is 26.0 Å². The summed E-state index contributed by atoms with van der Waals surface area (Å²) in [7, 11) is 0. The lowest BCUT2D eigenvalue weighted by Gasteiger charge is -2.26. The van der Waals surface area contributed by atoms with Crippen molar-refractivity contribution in [3.63, 3.8) is 0 Å². The number of hydrogen-bond acceptors (Lipinski definition) is 2. The van der Waals surface area contributed by atoms with Gasteiger partial charge in [-0.15, -0.1) is 0 Å². The first-order valence-corrected chi connectivity index (χ1v) is 6.08. The first kappa shape index (κ1) is 14.1. The highest BCUT2D eigenvalue weighted by Gasteiger charge is 2.18. The quantitative estimate of drug-likeness (QED) is 0.800. The molecule has 1 atom stereocenters. The van der Waals surface area contributed by atoms with Crippen LogP contribution in [0.5, 0.6) is 0 Å². The van der Waals surface area contributed by atoms with Gasteiger partial charge in [0.1, 0.15) is 5.82 Å². The molecule has 1 aromatic carbocycles. The van der Waals surface area contributed by atoms with Crippen LogP contribution in [0.25, 0.3) is 0 Å². The van der Waals surface area contributed by atoms with Crippen molar-refractivity contribution in [2.24, 2.45) is 5.41 Å². The second-order valence-corrected chi connectivity index (χ2v) is 5.22. The molecule has 1 rings (SSSR count). The van der Waals surface area contributed by atoms with Crippen LogP contribution < -0.4 is 5.32 Å². The van der Waals surface area contributed by atoms with Crippen LogP contribution >= 0.6 is 0 Å². The van der Waals surface area contributed by atoms with E-state index in [1.54, 1.807) is 0 Å². The molecular weight excluding hydrogens is 217 g/mol. The maximum atomic E-state index is 12.8. The minimum atomic E-state index is -0.209. The highest BCUT2D eigenvalue weighted by atomic mass is 19.1. The van der Waals surface area contributed by atoms with Crippen LogP contribution in [0.2, 0.25) is 0 Å². The van der Waals surface area contributed by atoms with Crippen LogP contribution in [0.4, 0.5) is 4.39 Å². The van der Waals surface area contributed by atoms with Gasteiger partial charge in [-0.1, -0.05) is 32.9 Å². The van der Waals surface area contributed by atoms with Gasteiger partial charge in [0.05, 0.1) is 0 Å². The molecule has 0 saturated carbocycles. The predicted octanol–water partition coefficient (Wildman–Crippen LogP) is 2.88. The number of benzene rings is 1. The van der Waals surface area contributed by atoms with E-state index in [-0.39, 0.29) is 23.9 Å². The Bertz CT molecular complexity index is 335. The topological polar surface area (TPSA) is 32.3 Å². The molecule has 3 heteroatoms. The van der Waals surface area contributed by atoms with Crippen LogP contribution in [0.1, 0.15) is 38.8 Å². The molecule has 17 heavy (non-hydrogen) atoms. The van der Waals surface area contributed by atoms with Crippen molar-refractivity contribution in [2.45, 2.75) is 33.2 Å². The lowest BCUT2D eigenvalue weighted by atomic mass is 9.93. The summed E-state index contributed by atoms with van der Waals surface area (Å²) in [5, 5.41) is 12.6. The average Bonchev–Trinajstić information content (AvgIpc) is 2.32. The molecule has 96 valence electrons. The van der Waals surface area contributed by atoms with Gasteiger partial charge in [-0.05, 0) is 24.1 Å². The SMILES string of the molecule is CCC(NCC(C)(C)CO)c1ccc(F)cc1. The molecule has 0 fully saturated rings. The van der Waals surface area contributed by atoms with Crippen molar-refractivity contribution in [1.82, 2.24) is 5.32 Å². The number of aliphatic hydroxyl groups excluding tert-OH is 1. The Morgan fingerprint density at radius 1 is 1.29 bits per heavy atom. The van der Waals surface area contributed by atoms with Crippen LogP contribution in [0.15, 0.2) is 24.3 Å². The largest absolute Gasteiger partial charge is 0.396 e. The molecule has 0 heterocycles. The van der Waals surface area contributed by atoms with Gasteiger partial charge >= 0.3 is 0 Å². The first-order chi connectivity index (χ1) is 7.98. The van der Waals surface area contributed by atoms with Gasteiger partial charge in [0.15, 0.2) is 0 Å². The monoisotopic (exact) mass is 239 g/mol. The molecule has 0 aliphatic heterocycles. The third kappa shape index (κ3) is 4.44. The maximum absolute atomic E-state index is 12.8. The highest BCUT2D eigenvalue weighted by Crippen LogP contribution is 2.19. The third-order valence-corrected chi connectivity index (χ3v) is 2.94. The van der Waals surface area contributed by atoms with Crippen LogP contribution in [0.3, 0.4) is 0 Å². The molecule has 0 aromatic heterocycles. The number of rotatable bonds is 6. The van der Waals surface area contributed by atoms with E-state index in [4.69, 9.17) is 0 Å². The van der Waals surface area contributed by atoms with E-state index >= 15 is 0 Å². The van der Waals surface area contributed by atoms with Gasteiger partial charge in [0.25, 0.3) is 0 Å². The van der Waals surface area contributed by atoms with Crippen molar-refractivity contribution in [2.75, 3.05) is 13.2 Å². The van der Waals surface area contributed by atoms with Crippen LogP contribution in [0, 0.1) is 11.2 Å². The van der Waals surface area contributed by atoms with Crippen molar-refractivity contribution < 1.29 is 9.50 Å². The molecule has 1 aromatic rings. The van der Waals surface area contributed by atoms with Crippen molar-refractivity contribution in [3.8, 4) is 0 Å². The van der Waals surface area contributed by atoms with E-state index in [9.17, 15) is 9.50 Å². The normalized spacial score (nSPS) is 13.7. The number of halogens is 1. The Hall–Kier alpha value is -0.930. The predicted molar refractivity (Wildman–Crippen MR) is 68.3 cm³/mol. The summed E-state index contributed by atoms with van der Waals surface area (Å²) in [5.74, 6) is -0.209. The Balaban J connectivity index is 2.63. The number of hydrogen-bond donors (Lipinski definition) is 2. The smallest absolute Gasteiger partial charge is 0.123 e. The molecule has 0 amide bonds. The summed E-state index contributed by atoms with van der Waals surface area (Å²) in [6, 6.07) is 6.79. The summed E-state index contributed by atoms with van der Waals surface area (Å²) in [4.78, 5) is 0. The lowest BCUT2D eigenvalue weighted by molar-refractivity contribution is 0.152. The Kier molecular flexibility index (Phi) is 5.09. The van der Waals surface area contributed by atoms with Gasteiger partial charge in [-0.25, -0.2) is 4.39 Å². The third-order valence-electron chi connectivity index (χ3n) is 2.94. The molecule has 0 aliphatic rings. The molecule has 1 unspecified atom stereocenters. The molecule has 0 radical (unpaired) electrons. The molecule has 0 bridgehead atoms. The molecule has 0 aliphatic carbocycles. The van der Waals surface area contributed by atoms with Crippen molar-refractivity contribution >= 4 is 0 Å². The molecule has 2 nitrogen and oxygen atoms in total. The number of aliphatic hydroxyl groups is 1. The van der Waals surface area contributed by atoms with Crippen LogP contribution in [-0.2, 0) is 0 Å². The van der Waals surface area contributed by atoms with E-state index in [0.29, 0.717) is 0 Å². The second-order valence-electron chi connectivity index (χ2n) is 5.22. The highest BCUT2D eigenvalue weighted by molar-refractivity contribution is 5.19. The van der Waals surface area contributed by atoms with E-state index in [1.165, 1.54) is 12.1 Å². The maximum Gasteiger partial charge on any atom is 0.123 e. The second kappa shape index (κ2) is 6.12. The summed E-state index contributed by atoms with van der Waals surface area (Å²) >= 11 is 0. The summed E-state index contributed by atoms with van der Waals surface area (Å²) in [6.07, 6.45) is 0.938. The fourth-order valence-electron chi connectivity index (χ4n) is 1.65. The van der Waals surface area contributed by atoms with Gasteiger partial charge in [0.2, 0.25) is 0 Å². The lowest BCUT2D eigenvalue weighted by Crippen LogP contribution is -2.34. The van der Waals surface area contributed by atoms with E-state index < -0.39 is 0 Å². The van der Waals surface area contributed by atoms with Gasteiger partial charge in [-0.2, -0.15) is 0 Å². The van der Waals surface area contributed by atoms with E-state index in [0.717, 1.165) is 18.5 Å². The van der Waals surface area contributed by atoms with Gasteiger partial charge < -0.3 is 10.4 Å². The first-order valence-electron chi connectivity index (χ1n) is 6.08. The van der Waals surface area contributed by atoms with Gasteiger partial charge in [-0.3, -0.25) is 0 Å². The van der Waals surface area contributed by atoms with Crippen LogP contribution in [-0.4, -0.2) is 18.3 Å². The standard InChI is InChI=1S/C14H22FNO/c1-4-13(16-9-14(2,3)10-17)11-5-7-12(15)8-6-11/h5-8,13,16-17H,4,9-10H2,1-3H3. The Morgan fingerprint density at radius 3 is 2.35 bits per heavy atom. The molecule has 0 saturated heterocycles. The Labute approximate surface area is 103 Å². The van der Waals surface area contributed by atoms with Crippen molar-refractivity contribution in [1.29, 1.82) is 0 Å². The zero-order chi connectivity index (χ0) is 12.9. The van der Waals surface area contributed by atoms with Crippen molar-refractivity contribution in [3.05, 3.63) is 35.6 Å². The minimum Gasteiger partial charge on any atom is -0.396 e. The zero-order valence-corrected chi connectivity index (χ0v) is 10.8. The molecular formula is C14H22FNO. The minimum absolute atomic E-state index is 0.131. The zero-order valence-electron chi connectivity index (χ0n) is 10.8. The molecule has 0 spiro atoms.